The van der Waals surface area contributed by atoms with E-state index in [9.17, 15) is 8.42 Å². The van der Waals surface area contributed by atoms with Crippen molar-refractivity contribution in [2.24, 2.45) is 0 Å². The zero-order chi connectivity index (χ0) is 30.9. The predicted molar refractivity (Wildman–Crippen MR) is 188 cm³/mol. The average molecular weight is 731 g/mol. The van der Waals surface area contributed by atoms with Crippen LogP contribution in [0.2, 0.25) is 0 Å². The minimum Gasteiger partial charge on any atom is -0.218 e. The quantitative estimate of drug-likeness (QED) is 0.156. The van der Waals surface area contributed by atoms with Gasteiger partial charge in [0.1, 0.15) is 0 Å². The fourth-order valence-electron chi connectivity index (χ4n) is 8.32. The number of halogens is 2. The first-order valence-corrected chi connectivity index (χ1v) is 18.1. The Bertz CT molecular complexity index is 2330. The van der Waals surface area contributed by atoms with Crippen molar-refractivity contribution >= 4 is 41.7 Å². The van der Waals surface area contributed by atoms with E-state index in [4.69, 9.17) is 0 Å². The van der Waals surface area contributed by atoms with E-state index in [0.717, 1.165) is 70.1 Å². The summed E-state index contributed by atoms with van der Waals surface area (Å²) in [5, 5.41) is 0. The number of benzene rings is 6. The maximum Gasteiger partial charge on any atom is 0.207 e. The summed E-state index contributed by atoms with van der Waals surface area (Å²) in [6.45, 7) is 4.40. The van der Waals surface area contributed by atoms with Crippen molar-refractivity contribution in [2.75, 3.05) is 0 Å². The fourth-order valence-corrected chi connectivity index (χ4v) is 10.8. The van der Waals surface area contributed by atoms with Crippen molar-refractivity contribution in [2.45, 2.75) is 34.5 Å². The van der Waals surface area contributed by atoms with Gasteiger partial charge in [0, 0.05) is 14.4 Å². The number of hydrogen-bond donors (Lipinski definition) is 0. The molecule has 0 bridgehead atoms. The second-order valence-corrected chi connectivity index (χ2v) is 16.5. The van der Waals surface area contributed by atoms with Crippen molar-refractivity contribution in [3.05, 3.63) is 164 Å². The van der Waals surface area contributed by atoms with Crippen molar-refractivity contribution in [1.29, 1.82) is 0 Å². The predicted octanol–water partition coefficient (Wildman–Crippen LogP) is 10.7. The van der Waals surface area contributed by atoms with Crippen molar-refractivity contribution in [1.82, 2.24) is 0 Å². The molecule has 218 valence electrons. The van der Waals surface area contributed by atoms with Crippen LogP contribution in [0.1, 0.15) is 47.2 Å². The molecule has 6 aromatic rings. The number of sulfone groups is 1. The van der Waals surface area contributed by atoms with E-state index in [-0.39, 0.29) is 5.41 Å². The lowest BCUT2D eigenvalue weighted by atomic mass is 9.62. The first kappa shape index (κ1) is 27.5. The molecular weight excluding hydrogens is 704 g/mol. The number of hydrogen-bond acceptors (Lipinski definition) is 2. The van der Waals surface area contributed by atoms with E-state index in [1.165, 1.54) is 5.56 Å². The molecule has 45 heavy (non-hydrogen) atoms. The largest absolute Gasteiger partial charge is 0.218 e. The Balaban J connectivity index is 1.57. The molecule has 0 fully saturated rings. The van der Waals surface area contributed by atoms with E-state index in [1.54, 1.807) is 6.07 Å². The Morgan fingerprint density at radius 1 is 0.444 bits per heavy atom. The summed E-state index contributed by atoms with van der Waals surface area (Å²) in [6.07, 6.45) is 0. The molecule has 0 atom stereocenters. The van der Waals surface area contributed by atoms with Crippen LogP contribution < -0.4 is 0 Å². The lowest BCUT2D eigenvalue weighted by Crippen LogP contribution is -2.38. The highest BCUT2D eigenvalue weighted by Crippen LogP contribution is 2.62. The molecule has 0 unspecified atom stereocenters. The number of rotatable bonds is 0. The van der Waals surface area contributed by atoms with Crippen LogP contribution in [-0.2, 0) is 20.7 Å². The van der Waals surface area contributed by atoms with Crippen LogP contribution in [0.3, 0.4) is 0 Å². The Labute approximate surface area is 280 Å². The summed E-state index contributed by atoms with van der Waals surface area (Å²) in [7, 11) is -3.86. The molecule has 0 saturated carbocycles. The molecule has 0 aromatic heterocycles. The topological polar surface area (TPSA) is 34.1 Å². The Morgan fingerprint density at radius 2 is 0.956 bits per heavy atom. The van der Waals surface area contributed by atoms with Gasteiger partial charge in [-0.05, 0) is 109 Å². The third-order valence-corrected chi connectivity index (χ3v) is 13.1. The second-order valence-electron chi connectivity index (χ2n) is 12.7. The SMILES string of the molecule is CC1(C)c2ccccc2-c2cc3c(cc21)S(=O)(=O)c1ccccc1C31c2cc(Br)ccc2-c2ccccc2-c2ccc(Br)cc21. The zero-order valence-corrected chi connectivity index (χ0v) is 28.5. The van der Waals surface area contributed by atoms with E-state index >= 15 is 0 Å². The lowest BCUT2D eigenvalue weighted by Gasteiger charge is -2.43. The first-order chi connectivity index (χ1) is 21.6. The molecule has 0 amide bonds. The van der Waals surface area contributed by atoms with Gasteiger partial charge in [0.15, 0.2) is 0 Å². The van der Waals surface area contributed by atoms with Crippen LogP contribution >= 0.6 is 31.9 Å². The summed E-state index contributed by atoms with van der Waals surface area (Å²) in [4.78, 5) is 0.734. The molecular formula is C40H26Br2O2S. The van der Waals surface area contributed by atoms with Crippen LogP contribution in [-0.4, -0.2) is 8.42 Å². The standard InChI is InChI=1S/C40H26Br2O2S/c1-39(2)31-12-6-5-11-27(31)30-21-36-38(22-33(30)39)45(43,44)37-14-8-7-13-32(37)40(36)34-19-23(41)15-17-28(34)25-9-3-4-10-26(25)29-18-16-24(42)20-35(29)40/h3-22H,1-2H3. The van der Waals surface area contributed by atoms with Gasteiger partial charge in [-0.1, -0.05) is 125 Å². The van der Waals surface area contributed by atoms with Crippen LogP contribution in [0.25, 0.3) is 33.4 Å². The highest BCUT2D eigenvalue weighted by molar-refractivity contribution is 9.10. The van der Waals surface area contributed by atoms with Gasteiger partial charge >= 0.3 is 0 Å². The van der Waals surface area contributed by atoms with Crippen molar-refractivity contribution in [3.8, 4) is 33.4 Å². The summed E-state index contributed by atoms with van der Waals surface area (Å²) >= 11 is 7.64. The maximum atomic E-state index is 14.8. The van der Waals surface area contributed by atoms with E-state index in [1.807, 2.05) is 24.3 Å². The molecule has 3 aliphatic rings. The Morgan fingerprint density at radius 3 is 1.58 bits per heavy atom. The maximum absolute atomic E-state index is 14.8. The molecule has 5 heteroatoms. The highest BCUT2D eigenvalue weighted by Gasteiger charge is 2.53. The van der Waals surface area contributed by atoms with Gasteiger partial charge in [-0.15, -0.1) is 0 Å². The van der Waals surface area contributed by atoms with Gasteiger partial charge in [-0.25, -0.2) is 8.42 Å². The van der Waals surface area contributed by atoms with Gasteiger partial charge in [-0.2, -0.15) is 0 Å². The van der Waals surface area contributed by atoms with Gasteiger partial charge < -0.3 is 0 Å². The molecule has 0 N–H and O–H groups in total. The molecule has 1 spiro atoms. The average Bonchev–Trinajstić information content (AvgIpc) is 3.21. The van der Waals surface area contributed by atoms with Gasteiger partial charge in [-0.3, -0.25) is 0 Å². The van der Waals surface area contributed by atoms with Crippen molar-refractivity contribution < 1.29 is 8.42 Å². The molecule has 0 radical (unpaired) electrons. The van der Waals surface area contributed by atoms with Gasteiger partial charge in [0.2, 0.25) is 9.84 Å². The highest BCUT2D eigenvalue weighted by atomic mass is 79.9. The molecule has 1 heterocycles. The summed E-state index contributed by atoms with van der Waals surface area (Å²) in [5.41, 5.74) is 11.3. The molecule has 9 rings (SSSR count). The third kappa shape index (κ3) is 3.41. The third-order valence-electron chi connectivity index (χ3n) is 10.2. The molecule has 2 aliphatic carbocycles. The Kier molecular flexibility index (Phi) is 5.60. The van der Waals surface area contributed by atoms with Crippen molar-refractivity contribution in [3.63, 3.8) is 0 Å². The minimum atomic E-state index is -3.86. The Hall–Kier alpha value is -3.77. The number of fused-ring (bicyclic) bond motifs is 14. The fraction of sp³-hybridized carbons (Fsp3) is 0.100. The normalized spacial score (nSPS) is 16.7. The van der Waals surface area contributed by atoms with Crippen LogP contribution in [0.15, 0.2) is 140 Å². The van der Waals surface area contributed by atoms with Crippen LogP contribution in [0, 0.1) is 0 Å². The minimum absolute atomic E-state index is 0.345. The summed E-state index contributed by atoms with van der Waals surface area (Å²) in [6, 6.07) is 41.8. The molecule has 2 nitrogen and oxygen atoms in total. The molecule has 1 aliphatic heterocycles. The van der Waals surface area contributed by atoms with Crippen LogP contribution in [0.5, 0.6) is 0 Å². The summed E-state index contributed by atoms with van der Waals surface area (Å²) < 4.78 is 31.6. The van der Waals surface area contributed by atoms with Crippen LogP contribution in [0.4, 0.5) is 0 Å². The first-order valence-electron chi connectivity index (χ1n) is 15.0. The molecule has 0 saturated heterocycles. The van der Waals surface area contributed by atoms with E-state index in [2.05, 4.69) is 137 Å². The lowest BCUT2D eigenvalue weighted by molar-refractivity contribution is 0.577. The zero-order valence-electron chi connectivity index (χ0n) is 24.5. The van der Waals surface area contributed by atoms with E-state index < -0.39 is 15.3 Å². The van der Waals surface area contributed by atoms with Gasteiger partial charge in [0.05, 0.1) is 15.2 Å². The smallest absolute Gasteiger partial charge is 0.207 e. The van der Waals surface area contributed by atoms with Gasteiger partial charge in [0.25, 0.3) is 0 Å². The summed E-state index contributed by atoms with van der Waals surface area (Å²) in [5.74, 6) is 0. The van der Waals surface area contributed by atoms with E-state index in [0.29, 0.717) is 9.79 Å². The monoisotopic (exact) mass is 728 g/mol. The molecule has 6 aromatic carbocycles. The second kappa shape index (κ2) is 9.16.